The number of benzene rings is 1. The molecule has 0 N–H and O–H groups in total. The van der Waals surface area contributed by atoms with Crippen molar-refractivity contribution in [2.75, 3.05) is 27.2 Å². The molecule has 0 radical (unpaired) electrons. The fraction of sp³-hybridized carbons (Fsp3) is 0.529. The van der Waals surface area contributed by atoms with Crippen LogP contribution in [-0.4, -0.2) is 36.7 Å². The highest BCUT2D eigenvalue weighted by Gasteiger charge is 2.11. The molecule has 0 atom stereocenters. The third kappa shape index (κ3) is 3.34. The first-order chi connectivity index (χ1) is 10.8. The summed E-state index contributed by atoms with van der Waals surface area (Å²) in [5.41, 5.74) is 1.74. The lowest BCUT2D eigenvalue weighted by atomic mass is 10.1. The third-order valence-corrected chi connectivity index (χ3v) is 3.45. The van der Waals surface area contributed by atoms with Crippen LogP contribution >= 0.6 is 0 Å². The summed E-state index contributed by atoms with van der Waals surface area (Å²) in [7, 11) is 4.03. The Bertz CT molecular complexity index is 647. The van der Waals surface area contributed by atoms with Gasteiger partial charge in [-0.2, -0.15) is 0 Å². The van der Waals surface area contributed by atoms with Gasteiger partial charge < -0.3 is 14.2 Å². The van der Waals surface area contributed by atoms with Crippen molar-refractivity contribution in [2.24, 2.45) is 6.98 Å². The Labute approximate surface area is 126 Å². The summed E-state index contributed by atoms with van der Waals surface area (Å²) in [6, 6.07) is 5.65. The van der Waals surface area contributed by atoms with Gasteiger partial charge >= 0.3 is 0 Å². The van der Waals surface area contributed by atoms with Gasteiger partial charge in [-0.15, -0.1) is 0 Å². The summed E-state index contributed by atoms with van der Waals surface area (Å²) in [5.74, 6) is 0.785. The molecule has 1 heterocycles. The molecule has 3 heteroatoms. The summed E-state index contributed by atoms with van der Waals surface area (Å²) >= 11 is 0. The molecule has 0 bridgehead atoms. The SMILES string of the molecule is [2H]C([2H])([2H])n1cc(CCN(C)C)c2c(OCCCC)cccc21. The van der Waals surface area contributed by atoms with Gasteiger partial charge in [0.2, 0.25) is 0 Å². The lowest BCUT2D eigenvalue weighted by molar-refractivity contribution is 0.313. The molecular formula is C17H26N2O. The number of aryl methyl sites for hydroxylation is 1. The van der Waals surface area contributed by atoms with Crippen LogP contribution in [0.5, 0.6) is 5.75 Å². The second-order valence-electron chi connectivity index (χ2n) is 5.43. The number of likely N-dealkylation sites (N-methyl/N-ethyl adjacent to an activating group) is 1. The fourth-order valence-corrected chi connectivity index (χ4v) is 2.31. The molecule has 0 saturated carbocycles. The van der Waals surface area contributed by atoms with Crippen molar-refractivity contribution in [1.29, 1.82) is 0 Å². The van der Waals surface area contributed by atoms with Crippen LogP contribution in [0.15, 0.2) is 24.4 Å². The first kappa shape index (κ1) is 11.2. The van der Waals surface area contributed by atoms with Crippen LogP contribution in [0, 0.1) is 0 Å². The van der Waals surface area contributed by atoms with Crippen LogP contribution in [0.1, 0.15) is 29.4 Å². The molecule has 1 aromatic heterocycles. The number of aromatic nitrogens is 1. The van der Waals surface area contributed by atoms with Gasteiger partial charge in [0.05, 0.1) is 12.1 Å². The van der Waals surface area contributed by atoms with Gasteiger partial charge in [-0.05, 0) is 44.6 Å². The number of rotatable bonds is 7. The summed E-state index contributed by atoms with van der Waals surface area (Å²) in [4.78, 5) is 2.10. The summed E-state index contributed by atoms with van der Waals surface area (Å²) < 4.78 is 30.6. The molecule has 20 heavy (non-hydrogen) atoms. The maximum Gasteiger partial charge on any atom is 0.128 e. The third-order valence-electron chi connectivity index (χ3n) is 3.45. The van der Waals surface area contributed by atoms with Crippen molar-refractivity contribution in [1.82, 2.24) is 9.47 Å². The molecule has 0 aliphatic carbocycles. The van der Waals surface area contributed by atoms with Crippen LogP contribution in [-0.2, 0) is 13.4 Å². The zero-order valence-electron chi connectivity index (χ0n) is 15.6. The molecule has 3 nitrogen and oxygen atoms in total. The first-order valence-corrected chi connectivity index (χ1v) is 7.25. The Kier molecular flexibility index (Phi) is 3.81. The Morgan fingerprint density at radius 1 is 1.35 bits per heavy atom. The normalized spacial score (nSPS) is 14.3. The molecule has 0 aliphatic rings. The van der Waals surface area contributed by atoms with Crippen molar-refractivity contribution in [3.8, 4) is 5.75 Å². The zero-order chi connectivity index (χ0) is 17.0. The van der Waals surface area contributed by atoms with Crippen LogP contribution < -0.4 is 4.74 Å². The van der Waals surface area contributed by atoms with Crippen molar-refractivity contribution in [2.45, 2.75) is 26.2 Å². The van der Waals surface area contributed by atoms with Gasteiger partial charge in [-0.1, -0.05) is 19.4 Å². The minimum absolute atomic E-state index is 0.654. The highest BCUT2D eigenvalue weighted by Crippen LogP contribution is 2.30. The molecule has 0 aliphatic heterocycles. The monoisotopic (exact) mass is 277 g/mol. The van der Waals surface area contributed by atoms with E-state index in [1.54, 1.807) is 6.20 Å². The maximum atomic E-state index is 7.77. The van der Waals surface area contributed by atoms with Crippen LogP contribution in [0.25, 0.3) is 10.9 Å². The van der Waals surface area contributed by atoms with E-state index in [2.05, 4.69) is 11.8 Å². The van der Waals surface area contributed by atoms with Gasteiger partial charge in [0.1, 0.15) is 5.75 Å². The van der Waals surface area contributed by atoms with Crippen molar-refractivity contribution >= 4 is 10.9 Å². The van der Waals surface area contributed by atoms with Gasteiger partial charge in [0.25, 0.3) is 0 Å². The highest BCUT2D eigenvalue weighted by molar-refractivity contribution is 5.90. The Hall–Kier alpha value is -1.48. The lowest BCUT2D eigenvalue weighted by Crippen LogP contribution is -2.15. The largest absolute Gasteiger partial charge is 0.493 e. The summed E-state index contributed by atoms with van der Waals surface area (Å²) in [6.45, 7) is 1.46. The smallest absolute Gasteiger partial charge is 0.128 e. The first-order valence-electron chi connectivity index (χ1n) is 8.75. The van der Waals surface area contributed by atoms with Crippen LogP contribution in [0.3, 0.4) is 0 Å². The Morgan fingerprint density at radius 2 is 2.20 bits per heavy atom. The van der Waals surface area contributed by atoms with Crippen molar-refractivity contribution in [3.05, 3.63) is 30.0 Å². The Balaban J connectivity index is 2.48. The zero-order valence-corrected chi connectivity index (χ0v) is 12.6. The molecule has 1 aromatic carbocycles. The molecule has 2 aromatic rings. The fourth-order valence-electron chi connectivity index (χ4n) is 2.31. The van der Waals surface area contributed by atoms with E-state index in [1.807, 2.05) is 32.3 Å². The summed E-state index contributed by atoms with van der Waals surface area (Å²) in [6.07, 6.45) is 4.61. The van der Waals surface area contributed by atoms with Gasteiger partial charge in [0, 0.05) is 29.2 Å². The number of ether oxygens (including phenoxy) is 1. The van der Waals surface area contributed by atoms with Crippen molar-refractivity contribution in [3.63, 3.8) is 0 Å². The topological polar surface area (TPSA) is 17.4 Å². The van der Waals surface area contributed by atoms with E-state index in [-0.39, 0.29) is 0 Å². The minimum atomic E-state index is -2.18. The second-order valence-corrected chi connectivity index (χ2v) is 5.43. The Morgan fingerprint density at radius 3 is 2.90 bits per heavy atom. The van der Waals surface area contributed by atoms with Gasteiger partial charge in [-0.3, -0.25) is 0 Å². The van der Waals surface area contributed by atoms with E-state index in [1.165, 1.54) is 4.57 Å². The molecule has 0 spiro atoms. The molecular weight excluding hydrogens is 248 g/mol. The van der Waals surface area contributed by atoms with E-state index in [0.717, 1.165) is 42.5 Å². The molecule has 0 fully saturated rings. The lowest BCUT2D eigenvalue weighted by Gasteiger charge is -2.11. The van der Waals surface area contributed by atoms with Crippen LogP contribution in [0.4, 0.5) is 0 Å². The van der Waals surface area contributed by atoms with Gasteiger partial charge in [0.15, 0.2) is 0 Å². The molecule has 110 valence electrons. The number of fused-ring (bicyclic) bond motifs is 1. The number of hydrogen-bond donors (Lipinski definition) is 0. The molecule has 0 amide bonds. The predicted octanol–water partition coefficient (Wildman–Crippen LogP) is 3.46. The minimum Gasteiger partial charge on any atom is -0.493 e. The van der Waals surface area contributed by atoms with Crippen molar-refractivity contribution < 1.29 is 8.85 Å². The van der Waals surface area contributed by atoms with E-state index in [4.69, 9.17) is 8.85 Å². The molecule has 0 saturated heterocycles. The second kappa shape index (κ2) is 6.80. The number of unbranched alkanes of at least 4 members (excludes halogenated alkanes) is 1. The molecule has 2 rings (SSSR count). The summed E-state index contributed by atoms with van der Waals surface area (Å²) in [5, 5.41) is 0.932. The van der Waals surface area contributed by atoms with Gasteiger partial charge in [-0.25, -0.2) is 0 Å². The quantitative estimate of drug-likeness (QED) is 0.721. The number of hydrogen-bond acceptors (Lipinski definition) is 2. The molecule has 0 unspecified atom stereocenters. The van der Waals surface area contributed by atoms with E-state index in [0.29, 0.717) is 12.1 Å². The average Bonchev–Trinajstić information content (AvgIpc) is 2.85. The maximum absolute atomic E-state index is 7.77. The predicted molar refractivity (Wildman–Crippen MR) is 85.6 cm³/mol. The number of nitrogens with zero attached hydrogens (tertiary/aromatic N) is 2. The van der Waals surface area contributed by atoms with Crippen LogP contribution in [0.2, 0.25) is 0 Å². The van der Waals surface area contributed by atoms with E-state index in [9.17, 15) is 0 Å². The average molecular weight is 277 g/mol. The standard InChI is InChI=1S/C17H26N2O/c1-5-6-12-20-16-9-7-8-15-17(16)14(13-19(15)4)10-11-18(2)3/h7-9,13H,5-6,10-12H2,1-4H3/i4D3. The van der Waals surface area contributed by atoms with E-state index < -0.39 is 6.98 Å². The highest BCUT2D eigenvalue weighted by atomic mass is 16.5. The van der Waals surface area contributed by atoms with E-state index >= 15 is 0 Å².